The maximum atomic E-state index is 13.5. The Bertz CT molecular complexity index is 1030. The molecule has 1 fully saturated rings. The van der Waals surface area contributed by atoms with Crippen molar-refractivity contribution in [3.8, 4) is 17.6 Å². The van der Waals surface area contributed by atoms with E-state index in [1.165, 1.54) is 10.4 Å². The maximum absolute atomic E-state index is 13.5. The van der Waals surface area contributed by atoms with E-state index in [4.69, 9.17) is 4.74 Å². The minimum absolute atomic E-state index is 0.00438. The molecule has 9 heteroatoms. The number of amides is 1. The smallest absolute Gasteiger partial charge is 0.247 e. The number of benzene rings is 1. The highest BCUT2D eigenvalue weighted by molar-refractivity contribution is 7.89. The van der Waals surface area contributed by atoms with Crippen LogP contribution < -0.4 is 4.74 Å². The zero-order valence-corrected chi connectivity index (χ0v) is 20.5. The van der Waals surface area contributed by atoms with Gasteiger partial charge in [-0.2, -0.15) is 4.31 Å². The molecule has 2 aliphatic rings. The van der Waals surface area contributed by atoms with E-state index in [-0.39, 0.29) is 41.5 Å². The fourth-order valence-corrected chi connectivity index (χ4v) is 5.86. The Kier molecular flexibility index (Phi) is 8.06. The molecule has 0 unspecified atom stereocenters. The molecule has 0 spiro atoms. The van der Waals surface area contributed by atoms with Gasteiger partial charge in [0.25, 0.3) is 0 Å². The summed E-state index contributed by atoms with van der Waals surface area (Å²) in [4.78, 5) is 14.4. The molecule has 4 atom stereocenters. The molecule has 8 nitrogen and oxygen atoms in total. The topological polar surface area (TPSA) is 107 Å². The van der Waals surface area contributed by atoms with Gasteiger partial charge in [-0.05, 0) is 44.9 Å². The summed E-state index contributed by atoms with van der Waals surface area (Å²) in [6.45, 7) is 5.26. The Labute approximate surface area is 196 Å². The van der Waals surface area contributed by atoms with Crippen molar-refractivity contribution >= 4 is 15.9 Å². The summed E-state index contributed by atoms with van der Waals surface area (Å²) in [6, 6.07) is 3.96. The average Bonchev–Trinajstić information content (AvgIpc) is 2.72. The summed E-state index contributed by atoms with van der Waals surface area (Å²) in [5, 5.41) is 19.2. The molecule has 1 saturated carbocycles. The lowest BCUT2D eigenvalue weighted by atomic mass is 9.84. The molecule has 0 saturated heterocycles. The van der Waals surface area contributed by atoms with Crippen LogP contribution in [0.25, 0.3) is 0 Å². The first-order valence-electron chi connectivity index (χ1n) is 11.4. The molecular weight excluding hydrogens is 444 g/mol. The standard InChI is InChI=1S/C24H34N2O6S/c1-16-13-26(17(2)15-27)33(30,31)23-11-10-19(9-8-18(3)28)12-21(23)32-22(16)14-25(4)24(29)20-6-5-7-20/h10-12,16-18,20,22,27-28H,5-7,13-15H2,1-4H3/t16-,17+,18+,22-/m0/s1. The molecular formula is C24H34N2O6S. The quantitative estimate of drug-likeness (QED) is 0.621. The second-order valence-corrected chi connectivity index (χ2v) is 11.1. The van der Waals surface area contributed by atoms with E-state index in [0.717, 1.165) is 19.3 Å². The molecule has 0 aromatic heterocycles. The van der Waals surface area contributed by atoms with E-state index >= 15 is 0 Å². The zero-order valence-electron chi connectivity index (χ0n) is 19.7. The van der Waals surface area contributed by atoms with Crippen LogP contribution in [0.3, 0.4) is 0 Å². The van der Waals surface area contributed by atoms with E-state index < -0.39 is 28.3 Å². The highest BCUT2D eigenvalue weighted by Crippen LogP contribution is 2.34. The number of aliphatic hydroxyl groups is 2. The van der Waals surface area contributed by atoms with Gasteiger partial charge in [0.1, 0.15) is 22.9 Å². The Morgan fingerprint density at radius 3 is 2.61 bits per heavy atom. The molecule has 1 amide bonds. The third-order valence-electron chi connectivity index (χ3n) is 6.38. The number of fused-ring (bicyclic) bond motifs is 1. The first kappa shape index (κ1) is 25.5. The molecule has 182 valence electrons. The lowest BCUT2D eigenvalue weighted by molar-refractivity contribution is -0.138. The fourth-order valence-electron chi connectivity index (χ4n) is 4.04. The van der Waals surface area contributed by atoms with Gasteiger partial charge in [-0.3, -0.25) is 4.79 Å². The van der Waals surface area contributed by atoms with Gasteiger partial charge in [0, 0.05) is 37.0 Å². The Hall–Kier alpha value is -2.12. The number of nitrogens with zero attached hydrogens (tertiary/aromatic N) is 2. The normalized spacial score (nSPS) is 24.5. The Morgan fingerprint density at radius 1 is 1.33 bits per heavy atom. The van der Waals surface area contributed by atoms with Crippen LogP contribution in [0.5, 0.6) is 5.75 Å². The number of ether oxygens (including phenoxy) is 1. The van der Waals surface area contributed by atoms with Gasteiger partial charge in [-0.1, -0.05) is 25.2 Å². The number of carbonyl (C=O) groups excluding carboxylic acids is 1. The van der Waals surface area contributed by atoms with Crippen LogP contribution in [0.4, 0.5) is 0 Å². The third-order valence-corrected chi connectivity index (χ3v) is 8.40. The molecule has 1 heterocycles. The van der Waals surface area contributed by atoms with Crippen molar-refractivity contribution < 1.29 is 28.2 Å². The maximum Gasteiger partial charge on any atom is 0.247 e. The Balaban J connectivity index is 2.01. The number of sulfonamides is 1. The minimum Gasteiger partial charge on any atom is -0.487 e. The van der Waals surface area contributed by atoms with Crippen molar-refractivity contribution in [1.82, 2.24) is 9.21 Å². The predicted octanol–water partition coefficient (Wildman–Crippen LogP) is 1.45. The van der Waals surface area contributed by atoms with Gasteiger partial charge in [0.15, 0.2) is 0 Å². The van der Waals surface area contributed by atoms with E-state index in [9.17, 15) is 23.4 Å². The number of hydrogen-bond acceptors (Lipinski definition) is 6. The van der Waals surface area contributed by atoms with Gasteiger partial charge in [0.05, 0.1) is 13.2 Å². The molecule has 1 aromatic carbocycles. The summed E-state index contributed by atoms with van der Waals surface area (Å²) in [5.74, 6) is 5.53. The van der Waals surface area contributed by atoms with Gasteiger partial charge in [-0.25, -0.2) is 8.42 Å². The SMILES string of the molecule is C[C@H](CO)N1C[C@H](C)[C@H](CN(C)C(=O)C2CCC2)Oc2cc(C#C[C@@H](C)O)ccc2S1(=O)=O. The van der Waals surface area contributed by atoms with Crippen LogP contribution in [-0.4, -0.2) is 78.7 Å². The van der Waals surface area contributed by atoms with E-state index in [2.05, 4.69) is 11.8 Å². The summed E-state index contributed by atoms with van der Waals surface area (Å²) >= 11 is 0. The molecule has 3 rings (SSSR count). The van der Waals surface area contributed by atoms with Crippen LogP contribution in [-0.2, 0) is 14.8 Å². The summed E-state index contributed by atoms with van der Waals surface area (Å²) in [7, 11) is -2.19. The van der Waals surface area contributed by atoms with Crippen molar-refractivity contribution in [2.24, 2.45) is 11.8 Å². The van der Waals surface area contributed by atoms with Crippen LogP contribution >= 0.6 is 0 Å². The van der Waals surface area contributed by atoms with E-state index in [1.807, 2.05) is 6.92 Å². The van der Waals surface area contributed by atoms with Gasteiger partial charge in [0.2, 0.25) is 15.9 Å². The van der Waals surface area contributed by atoms with Crippen molar-refractivity contribution in [2.75, 3.05) is 26.7 Å². The van der Waals surface area contributed by atoms with Gasteiger partial charge < -0.3 is 19.8 Å². The van der Waals surface area contributed by atoms with E-state index in [1.54, 1.807) is 37.9 Å². The van der Waals surface area contributed by atoms with Crippen molar-refractivity contribution in [2.45, 2.75) is 63.2 Å². The van der Waals surface area contributed by atoms with Gasteiger partial charge >= 0.3 is 0 Å². The first-order valence-corrected chi connectivity index (χ1v) is 12.9. The van der Waals surface area contributed by atoms with Crippen molar-refractivity contribution in [3.05, 3.63) is 23.8 Å². The number of rotatable bonds is 5. The zero-order chi connectivity index (χ0) is 24.3. The molecule has 33 heavy (non-hydrogen) atoms. The van der Waals surface area contributed by atoms with Crippen molar-refractivity contribution in [1.29, 1.82) is 0 Å². The number of likely N-dealkylation sites (N-methyl/N-ethyl adjacent to an activating group) is 1. The second-order valence-electron chi connectivity index (χ2n) is 9.19. The molecule has 0 radical (unpaired) electrons. The molecule has 1 aliphatic carbocycles. The number of carbonyl (C=O) groups is 1. The highest BCUT2D eigenvalue weighted by Gasteiger charge is 2.39. The van der Waals surface area contributed by atoms with Crippen LogP contribution in [0.15, 0.2) is 23.1 Å². The lowest BCUT2D eigenvalue weighted by Crippen LogP contribution is -2.50. The monoisotopic (exact) mass is 478 g/mol. The molecule has 2 N–H and O–H groups in total. The van der Waals surface area contributed by atoms with Crippen LogP contribution in [0.2, 0.25) is 0 Å². The number of hydrogen-bond donors (Lipinski definition) is 2. The Morgan fingerprint density at radius 2 is 2.03 bits per heavy atom. The largest absolute Gasteiger partial charge is 0.487 e. The molecule has 0 bridgehead atoms. The van der Waals surface area contributed by atoms with Crippen LogP contribution in [0.1, 0.15) is 45.6 Å². The lowest BCUT2D eigenvalue weighted by Gasteiger charge is -2.38. The third kappa shape index (κ3) is 5.69. The average molecular weight is 479 g/mol. The number of aliphatic hydroxyl groups excluding tert-OH is 2. The predicted molar refractivity (Wildman–Crippen MR) is 124 cm³/mol. The minimum atomic E-state index is -3.94. The molecule has 1 aromatic rings. The summed E-state index contributed by atoms with van der Waals surface area (Å²) < 4.78 is 34.5. The summed E-state index contributed by atoms with van der Waals surface area (Å²) in [6.07, 6.45) is 1.59. The van der Waals surface area contributed by atoms with E-state index in [0.29, 0.717) is 12.1 Å². The summed E-state index contributed by atoms with van der Waals surface area (Å²) in [5.41, 5.74) is 0.512. The molecule has 1 aliphatic heterocycles. The highest BCUT2D eigenvalue weighted by atomic mass is 32.2. The second kappa shape index (κ2) is 10.4. The van der Waals surface area contributed by atoms with Crippen molar-refractivity contribution in [3.63, 3.8) is 0 Å². The first-order chi connectivity index (χ1) is 15.5. The fraction of sp³-hybridized carbons (Fsp3) is 0.625. The van der Waals surface area contributed by atoms with Gasteiger partial charge in [-0.15, -0.1) is 0 Å². The van der Waals surface area contributed by atoms with Crippen LogP contribution in [0, 0.1) is 23.7 Å².